The lowest BCUT2D eigenvalue weighted by Crippen LogP contribution is -2.40. The second-order valence-corrected chi connectivity index (χ2v) is 5.96. The largest absolute Gasteiger partial charge is 0.409 e. The molecule has 1 heterocycles. The predicted molar refractivity (Wildman–Crippen MR) is 80.7 cm³/mol. The molecule has 1 atom stereocenters. The Balaban J connectivity index is 3.34. The normalized spacial score (nSPS) is 13.9. The Morgan fingerprint density at radius 1 is 1.57 bits per heavy atom. The SMILES string of the molecule is CC(N(C)c1ncc(C(N)=NO)cc1[N+](=O)[O-])C(C)(C)C. The van der Waals surface area contributed by atoms with E-state index in [4.69, 9.17) is 10.9 Å². The van der Waals surface area contributed by atoms with Crippen LogP contribution in [-0.4, -0.2) is 34.0 Å². The molecule has 0 bridgehead atoms. The molecule has 0 saturated carbocycles. The summed E-state index contributed by atoms with van der Waals surface area (Å²) in [6.07, 6.45) is 1.35. The van der Waals surface area contributed by atoms with Crippen molar-refractivity contribution >= 4 is 17.3 Å². The Bertz CT molecular complexity index is 565. The van der Waals surface area contributed by atoms with Crippen molar-refractivity contribution in [1.82, 2.24) is 4.98 Å². The summed E-state index contributed by atoms with van der Waals surface area (Å²) in [5, 5.41) is 22.7. The molecule has 1 aromatic rings. The number of nitrogens with zero attached hydrogens (tertiary/aromatic N) is 4. The van der Waals surface area contributed by atoms with Crippen molar-refractivity contribution in [3.8, 4) is 0 Å². The summed E-state index contributed by atoms with van der Waals surface area (Å²) in [5.74, 6) is 0.0283. The van der Waals surface area contributed by atoms with Crippen molar-refractivity contribution in [2.24, 2.45) is 16.3 Å². The molecule has 0 amide bonds. The van der Waals surface area contributed by atoms with E-state index in [-0.39, 0.29) is 34.4 Å². The van der Waals surface area contributed by atoms with E-state index in [0.29, 0.717) is 0 Å². The van der Waals surface area contributed by atoms with Crippen LogP contribution < -0.4 is 10.6 Å². The summed E-state index contributed by atoms with van der Waals surface area (Å²) in [6, 6.07) is 1.28. The molecule has 0 aliphatic rings. The number of anilines is 1. The van der Waals surface area contributed by atoms with Crippen LogP contribution in [0.3, 0.4) is 0 Å². The second-order valence-electron chi connectivity index (χ2n) is 5.96. The summed E-state index contributed by atoms with van der Waals surface area (Å²) < 4.78 is 0. The van der Waals surface area contributed by atoms with Gasteiger partial charge in [-0.1, -0.05) is 25.9 Å². The highest BCUT2D eigenvalue weighted by Crippen LogP contribution is 2.32. The van der Waals surface area contributed by atoms with Crippen LogP contribution in [0.2, 0.25) is 0 Å². The lowest BCUT2D eigenvalue weighted by Gasteiger charge is -2.35. The molecule has 0 saturated heterocycles. The van der Waals surface area contributed by atoms with Gasteiger partial charge in [0, 0.05) is 30.9 Å². The fourth-order valence-electron chi connectivity index (χ4n) is 1.81. The van der Waals surface area contributed by atoms with Gasteiger partial charge >= 0.3 is 5.69 Å². The number of pyridine rings is 1. The zero-order chi connectivity index (χ0) is 16.4. The quantitative estimate of drug-likeness (QED) is 0.288. The molecular weight excluding hydrogens is 274 g/mol. The minimum atomic E-state index is -0.525. The highest BCUT2D eigenvalue weighted by molar-refractivity contribution is 5.97. The van der Waals surface area contributed by atoms with E-state index < -0.39 is 4.92 Å². The monoisotopic (exact) mass is 295 g/mol. The molecule has 1 rings (SSSR count). The first-order chi connectivity index (χ1) is 9.59. The topological polar surface area (TPSA) is 118 Å². The molecule has 1 unspecified atom stereocenters. The highest BCUT2D eigenvalue weighted by atomic mass is 16.6. The number of amidine groups is 1. The molecule has 3 N–H and O–H groups in total. The molecule has 0 aliphatic heterocycles. The number of aromatic nitrogens is 1. The Morgan fingerprint density at radius 2 is 2.14 bits per heavy atom. The molecule has 8 nitrogen and oxygen atoms in total. The molecule has 0 fully saturated rings. The van der Waals surface area contributed by atoms with E-state index in [1.807, 2.05) is 27.7 Å². The van der Waals surface area contributed by atoms with E-state index >= 15 is 0 Å². The Kier molecular flexibility index (Phi) is 4.72. The molecule has 116 valence electrons. The van der Waals surface area contributed by atoms with Gasteiger partial charge in [-0.25, -0.2) is 4.98 Å². The number of hydrogen-bond donors (Lipinski definition) is 2. The third-order valence-electron chi connectivity index (χ3n) is 3.62. The average Bonchev–Trinajstić information content (AvgIpc) is 2.43. The van der Waals surface area contributed by atoms with E-state index in [2.05, 4.69) is 10.1 Å². The van der Waals surface area contributed by atoms with Crippen molar-refractivity contribution in [3.05, 3.63) is 27.9 Å². The molecule has 0 aliphatic carbocycles. The summed E-state index contributed by atoms with van der Waals surface area (Å²) in [6.45, 7) is 8.11. The van der Waals surface area contributed by atoms with Crippen LogP contribution in [0.1, 0.15) is 33.3 Å². The maximum absolute atomic E-state index is 11.3. The lowest BCUT2D eigenvalue weighted by molar-refractivity contribution is -0.384. The summed E-state index contributed by atoms with van der Waals surface area (Å²) in [5.41, 5.74) is 5.38. The van der Waals surface area contributed by atoms with Gasteiger partial charge in [0.25, 0.3) is 0 Å². The molecule has 1 aromatic heterocycles. The summed E-state index contributed by atoms with van der Waals surface area (Å²) >= 11 is 0. The second kappa shape index (κ2) is 5.94. The Labute approximate surface area is 123 Å². The molecule has 0 spiro atoms. The van der Waals surface area contributed by atoms with Crippen molar-refractivity contribution in [1.29, 1.82) is 0 Å². The van der Waals surface area contributed by atoms with Gasteiger partial charge in [-0.05, 0) is 12.3 Å². The number of nitro groups is 1. The first-order valence-corrected chi connectivity index (χ1v) is 6.44. The van der Waals surface area contributed by atoms with Crippen LogP contribution in [-0.2, 0) is 0 Å². The summed E-state index contributed by atoms with van der Waals surface area (Å²) in [7, 11) is 1.76. The smallest absolute Gasteiger partial charge is 0.312 e. The highest BCUT2D eigenvalue weighted by Gasteiger charge is 2.29. The Hall–Kier alpha value is -2.38. The standard InChI is InChI=1S/C13H21N5O3/c1-8(13(2,3)4)17(5)12-10(18(20)21)6-9(7-15-12)11(14)16-19/h6-8,19H,1-5H3,(H2,14,16). The number of oxime groups is 1. The van der Waals surface area contributed by atoms with Crippen molar-refractivity contribution < 1.29 is 10.1 Å². The first-order valence-electron chi connectivity index (χ1n) is 6.44. The maximum atomic E-state index is 11.3. The van der Waals surface area contributed by atoms with E-state index in [1.165, 1.54) is 12.3 Å². The van der Waals surface area contributed by atoms with Crippen LogP contribution in [0.5, 0.6) is 0 Å². The maximum Gasteiger partial charge on any atom is 0.312 e. The van der Waals surface area contributed by atoms with Gasteiger partial charge in [-0.3, -0.25) is 10.1 Å². The van der Waals surface area contributed by atoms with Gasteiger partial charge in [0.1, 0.15) is 0 Å². The fourth-order valence-corrected chi connectivity index (χ4v) is 1.81. The molecular formula is C13H21N5O3. The Morgan fingerprint density at radius 3 is 2.57 bits per heavy atom. The van der Waals surface area contributed by atoms with Gasteiger partial charge in [-0.15, -0.1) is 0 Å². The zero-order valence-electron chi connectivity index (χ0n) is 12.9. The molecule has 0 radical (unpaired) electrons. The van der Waals surface area contributed by atoms with E-state index in [0.717, 1.165) is 0 Å². The van der Waals surface area contributed by atoms with Crippen LogP contribution in [0, 0.1) is 15.5 Å². The van der Waals surface area contributed by atoms with Gasteiger partial charge in [0.15, 0.2) is 5.84 Å². The molecule has 21 heavy (non-hydrogen) atoms. The van der Waals surface area contributed by atoms with Gasteiger partial charge in [0.05, 0.1) is 4.92 Å². The number of rotatable bonds is 4. The van der Waals surface area contributed by atoms with Crippen molar-refractivity contribution in [2.45, 2.75) is 33.7 Å². The van der Waals surface area contributed by atoms with Crippen molar-refractivity contribution in [3.63, 3.8) is 0 Å². The van der Waals surface area contributed by atoms with Crippen LogP contribution in [0.25, 0.3) is 0 Å². The average molecular weight is 295 g/mol. The zero-order valence-corrected chi connectivity index (χ0v) is 12.9. The van der Waals surface area contributed by atoms with Crippen LogP contribution in [0.4, 0.5) is 11.5 Å². The molecule has 8 heteroatoms. The van der Waals surface area contributed by atoms with Crippen molar-refractivity contribution in [2.75, 3.05) is 11.9 Å². The minimum Gasteiger partial charge on any atom is -0.409 e. The number of nitrogens with two attached hydrogens (primary N) is 1. The lowest BCUT2D eigenvalue weighted by atomic mass is 9.87. The predicted octanol–water partition coefficient (Wildman–Crippen LogP) is 1.96. The van der Waals surface area contributed by atoms with E-state index in [1.54, 1.807) is 11.9 Å². The van der Waals surface area contributed by atoms with Gasteiger partial charge in [0.2, 0.25) is 5.82 Å². The van der Waals surface area contributed by atoms with E-state index in [9.17, 15) is 10.1 Å². The first kappa shape index (κ1) is 16.7. The van der Waals surface area contributed by atoms with Crippen LogP contribution in [0.15, 0.2) is 17.4 Å². The van der Waals surface area contributed by atoms with Crippen LogP contribution >= 0.6 is 0 Å². The van der Waals surface area contributed by atoms with Gasteiger partial charge in [-0.2, -0.15) is 0 Å². The minimum absolute atomic E-state index is 0.0263. The fraction of sp³-hybridized carbons (Fsp3) is 0.538. The summed E-state index contributed by atoms with van der Waals surface area (Å²) in [4.78, 5) is 16.6. The van der Waals surface area contributed by atoms with Gasteiger partial charge < -0.3 is 15.8 Å². The third-order valence-corrected chi connectivity index (χ3v) is 3.62. The molecule has 0 aromatic carbocycles. The third kappa shape index (κ3) is 3.59. The number of hydrogen-bond acceptors (Lipinski definition) is 6.